The maximum atomic E-state index is 11.8. The molecule has 0 radical (unpaired) electrons. The summed E-state index contributed by atoms with van der Waals surface area (Å²) in [6.45, 7) is 2.94. The topological polar surface area (TPSA) is 69.7 Å². The van der Waals surface area contributed by atoms with Gasteiger partial charge in [-0.15, -0.1) is 0 Å². The first kappa shape index (κ1) is 14.1. The molecule has 112 valence electrons. The molecule has 3 rings (SSSR count). The van der Waals surface area contributed by atoms with E-state index in [9.17, 15) is 4.79 Å². The number of nitrogens with zero attached hydrogens (tertiary/aromatic N) is 1. The molecule has 0 spiro atoms. The van der Waals surface area contributed by atoms with Gasteiger partial charge in [-0.25, -0.2) is 4.98 Å². The zero-order chi connectivity index (χ0) is 14.8. The lowest BCUT2D eigenvalue weighted by molar-refractivity contribution is -0.118. The smallest absolute Gasteiger partial charge is 0.228 e. The highest BCUT2D eigenvalue weighted by molar-refractivity contribution is 7.22. The van der Waals surface area contributed by atoms with Crippen LogP contribution in [0.15, 0.2) is 12.1 Å². The monoisotopic (exact) mass is 308 g/mol. The van der Waals surface area contributed by atoms with E-state index in [-0.39, 0.29) is 12.0 Å². The molecule has 1 atom stereocenters. The number of ether oxygens (including phenoxy) is 3. The van der Waals surface area contributed by atoms with E-state index in [4.69, 9.17) is 14.2 Å². The largest absolute Gasteiger partial charge is 0.486 e. The lowest BCUT2D eigenvalue weighted by atomic mass is 10.3. The Hall–Kier alpha value is -1.86. The minimum atomic E-state index is -0.117. The molecule has 2 aromatic rings. The van der Waals surface area contributed by atoms with E-state index in [1.54, 1.807) is 7.11 Å². The van der Waals surface area contributed by atoms with Gasteiger partial charge >= 0.3 is 0 Å². The van der Waals surface area contributed by atoms with E-state index in [0.29, 0.717) is 30.5 Å². The summed E-state index contributed by atoms with van der Waals surface area (Å²) in [7, 11) is 1.58. The number of nitrogens with one attached hydrogen (secondary N) is 1. The van der Waals surface area contributed by atoms with Crippen LogP contribution in [0.2, 0.25) is 0 Å². The van der Waals surface area contributed by atoms with Crippen LogP contribution in [0.5, 0.6) is 11.5 Å². The molecule has 1 unspecified atom stereocenters. The SMILES string of the molecule is COC(C)CC(=O)Nc1nc2cc3c(cc2s1)OCCO3. The first-order chi connectivity index (χ1) is 10.2. The number of carbonyl (C=O) groups is 1. The van der Waals surface area contributed by atoms with Crippen LogP contribution in [-0.4, -0.2) is 37.3 Å². The number of rotatable bonds is 4. The average Bonchev–Trinajstić information content (AvgIpc) is 2.85. The molecule has 1 aliphatic rings. The van der Waals surface area contributed by atoms with Crippen LogP contribution in [0.4, 0.5) is 5.13 Å². The molecule has 1 aromatic heterocycles. The fraction of sp³-hybridized carbons (Fsp3) is 0.429. The summed E-state index contributed by atoms with van der Waals surface area (Å²) in [5.74, 6) is 1.31. The van der Waals surface area contributed by atoms with E-state index in [1.165, 1.54) is 11.3 Å². The first-order valence-electron chi connectivity index (χ1n) is 6.68. The summed E-state index contributed by atoms with van der Waals surface area (Å²) in [6.07, 6.45) is 0.184. The molecule has 2 heterocycles. The molecule has 0 bridgehead atoms. The fourth-order valence-electron chi connectivity index (χ4n) is 2.03. The van der Waals surface area contributed by atoms with Crippen LogP contribution in [0.25, 0.3) is 10.2 Å². The van der Waals surface area contributed by atoms with Crippen molar-refractivity contribution in [3.63, 3.8) is 0 Å². The minimum absolute atomic E-state index is 0.110. The molecule has 0 aliphatic carbocycles. The van der Waals surface area contributed by atoms with Crippen LogP contribution in [0.3, 0.4) is 0 Å². The summed E-state index contributed by atoms with van der Waals surface area (Å²) < 4.78 is 17.1. The molecule has 1 aromatic carbocycles. The number of carbonyl (C=O) groups excluding carboxylic acids is 1. The summed E-state index contributed by atoms with van der Waals surface area (Å²) >= 11 is 1.41. The number of fused-ring (bicyclic) bond motifs is 2. The van der Waals surface area contributed by atoms with Gasteiger partial charge in [-0.05, 0) is 6.92 Å². The number of amides is 1. The summed E-state index contributed by atoms with van der Waals surface area (Å²) in [4.78, 5) is 16.2. The zero-order valence-corrected chi connectivity index (χ0v) is 12.7. The maximum Gasteiger partial charge on any atom is 0.228 e. The highest BCUT2D eigenvalue weighted by atomic mass is 32.1. The van der Waals surface area contributed by atoms with Crippen molar-refractivity contribution in [3.8, 4) is 11.5 Å². The number of aromatic nitrogens is 1. The summed E-state index contributed by atoms with van der Waals surface area (Å²) in [6, 6.07) is 3.74. The lowest BCUT2D eigenvalue weighted by Crippen LogP contribution is -2.18. The van der Waals surface area contributed by atoms with Crippen molar-refractivity contribution in [1.29, 1.82) is 0 Å². The second kappa shape index (κ2) is 5.87. The van der Waals surface area contributed by atoms with Crippen molar-refractivity contribution < 1.29 is 19.0 Å². The van der Waals surface area contributed by atoms with Gasteiger partial charge in [0.25, 0.3) is 0 Å². The van der Waals surface area contributed by atoms with Crippen LogP contribution in [0.1, 0.15) is 13.3 Å². The third-order valence-corrected chi connectivity index (χ3v) is 4.11. The Bertz CT molecular complexity index is 627. The van der Waals surface area contributed by atoms with E-state index in [2.05, 4.69) is 10.3 Å². The highest BCUT2D eigenvalue weighted by Crippen LogP contribution is 2.37. The quantitative estimate of drug-likeness (QED) is 0.939. The van der Waals surface area contributed by atoms with E-state index in [1.807, 2.05) is 19.1 Å². The molecule has 21 heavy (non-hydrogen) atoms. The van der Waals surface area contributed by atoms with Crippen LogP contribution < -0.4 is 14.8 Å². The summed E-state index contributed by atoms with van der Waals surface area (Å²) in [5.41, 5.74) is 0.791. The predicted molar refractivity (Wildman–Crippen MR) is 80.3 cm³/mol. The number of hydrogen-bond donors (Lipinski definition) is 1. The molecule has 7 heteroatoms. The van der Waals surface area contributed by atoms with Gasteiger partial charge in [0.05, 0.1) is 22.7 Å². The van der Waals surface area contributed by atoms with Crippen LogP contribution in [0, 0.1) is 0 Å². The minimum Gasteiger partial charge on any atom is -0.486 e. The zero-order valence-electron chi connectivity index (χ0n) is 11.8. The molecule has 0 fully saturated rings. The second-order valence-corrected chi connectivity index (χ2v) is 5.81. The Kier molecular flexibility index (Phi) is 3.94. The summed E-state index contributed by atoms with van der Waals surface area (Å²) in [5, 5.41) is 3.36. The maximum absolute atomic E-state index is 11.8. The first-order valence-corrected chi connectivity index (χ1v) is 7.50. The number of thiazole rings is 1. The Balaban J connectivity index is 1.79. The number of hydrogen-bond acceptors (Lipinski definition) is 6. The molecule has 0 saturated carbocycles. The van der Waals surface area contributed by atoms with Gasteiger partial charge in [-0.1, -0.05) is 11.3 Å². The second-order valence-electron chi connectivity index (χ2n) is 4.78. The van der Waals surface area contributed by atoms with Crippen molar-refractivity contribution in [2.24, 2.45) is 0 Å². The van der Waals surface area contributed by atoms with Crippen molar-refractivity contribution in [1.82, 2.24) is 4.98 Å². The van der Waals surface area contributed by atoms with Crippen molar-refractivity contribution in [2.75, 3.05) is 25.6 Å². The van der Waals surface area contributed by atoms with E-state index < -0.39 is 0 Å². The third kappa shape index (κ3) is 3.08. The normalized spacial score (nSPS) is 15.0. The highest BCUT2D eigenvalue weighted by Gasteiger charge is 2.16. The van der Waals surface area contributed by atoms with Gasteiger partial charge in [0.2, 0.25) is 5.91 Å². The lowest BCUT2D eigenvalue weighted by Gasteiger charge is -2.17. The fourth-order valence-corrected chi connectivity index (χ4v) is 2.93. The third-order valence-electron chi connectivity index (χ3n) is 3.17. The number of anilines is 1. The molecule has 1 amide bonds. The molecule has 6 nitrogen and oxygen atoms in total. The Morgan fingerprint density at radius 2 is 2.14 bits per heavy atom. The van der Waals surface area contributed by atoms with Crippen molar-refractivity contribution >= 4 is 32.6 Å². The predicted octanol–water partition coefficient (Wildman–Crippen LogP) is 2.43. The van der Waals surface area contributed by atoms with Gasteiger partial charge in [0.15, 0.2) is 16.6 Å². The standard InChI is InChI=1S/C14H16N2O4S/c1-8(18-2)5-13(17)16-14-15-9-6-10-11(7-12(9)21-14)20-4-3-19-10/h6-8H,3-5H2,1-2H3,(H,15,16,17). The molecule has 1 N–H and O–H groups in total. The Morgan fingerprint density at radius 3 is 2.86 bits per heavy atom. The molecular weight excluding hydrogens is 292 g/mol. The van der Waals surface area contributed by atoms with Crippen molar-refractivity contribution in [3.05, 3.63) is 12.1 Å². The van der Waals surface area contributed by atoms with E-state index in [0.717, 1.165) is 16.0 Å². The molecule has 1 aliphatic heterocycles. The van der Waals surface area contributed by atoms with E-state index >= 15 is 0 Å². The van der Waals surface area contributed by atoms with Gasteiger partial charge in [-0.2, -0.15) is 0 Å². The van der Waals surface area contributed by atoms with Gasteiger partial charge in [0.1, 0.15) is 13.2 Å². The average molecular weight is 308 g/mol. The van der Waals surface area contributed by atoms with Gasteiger partial charge < -0.3 is 19.5 Å². The van der Waals surface area contributed by atoms with Crippen LogP contribution >= 0.6 is 11.3 Å². The Morgan fingerprint density at radius 1 is 1.43 bits per heavy atom. The molecule has 0 saturated heterocycles. The number of benzene rings is 1. The Labute approximate surface area is 126 Å². The van der Waals surface area contributed by atoms with Crippen molar-refractivity contribution in [2.45, 2.75) is 19.4 Å². The molecular formula is C14H16N2O4S. The van der Waals surface area contributed by atoms with Gasteiger partial charge in [0, 0.05) is 19.2 Å². The van der Waals surface area contributed by atoms with Gasteiger partial charge in [-0.3, -0.25) is 4.79 Å². The number of methoxy groups -OCH3 is 1. The van der Waals surface area contributed by atoms with Crippen LogP contribution in [-0.2, 0) is 9.53 Å².